The lowest BCUT2D eigenvalue weighted by atomic mass is 10.2. The summed E-state index contributed by atoms with van der Waals surface area (Å²) in [6.45, 7) is 0. The second kappa shape index (κ2) is 5.88. The molecule has 0 saturated heterocycles. The molecular weight excluding hydrogens is 258 g/mol. The van der Waals surface area contributed by atoms with Gasteiger partial charge in [-0.1, -0.05) is 18.2 Å². The first kappa shape index (κ1) is 13.6. The fraction of sp³-hybridized carbons (Fsp3) is 0.0667. The molecule has 0 aliphatic rings. The normalized spacial score (nSPS) is 9.85. The van der Waals surface area contributed by atoms with Crippen LogP contribution in [0.25, 0.3) is 0 Å². The molecule has 1 N–H and O–H groups in total. The second-order valence-corrected chi connectivity index (χ2v) is 4.09. The number of rotatable bonds is 3. The fourth-order valence-electron chi connectivity index (χ4n) is 1.59. The van der Waals surface area contributed by atoms with Crippen LogP contribution in [0.15, 0.2) is 54.6 Å². The summed E-state index contributed by atoms with van der Waals surface area (Å²) in [5, 5.41) is 8.81. The first-order valence-electron chi connectivity index (χ1n) is 5.92. The van der Waals surface area contributed by atoms with Crippen LogP contribution in [0, 0.1) is 0 Å². The van der Waals surface area contributed by atoms with Crippen molar-refractivity contribution in [3.8, 4) is 5.75 Å². The molecule has 0 heterocycles. The summed E-state index contributed by atoms with van der Waals surface area (Å²) in [5.74, 6) is -0.558. The van der Waals surface area contributed by atoms with E-state index in [0.29, 0.717) is 11.4 Å². The predicted molar refractivity (Wildman–Crippen MR) is 74.3 cm³/mol. The van der Waals surface area contributed by atoms with Crippen LogP contribution in [0.5, 0.6) is 5.75 Å². The van der Waals surface area contributed by atoms with E-state index in [9.17, 15) is 9.59 Å². The number of aromatic carboxylic acids is 1. The number of nitrogens with zero attached hydrogens (tertiary/aromatic N) is 1. The summed E-state index contributed by atoms with van der Waals surface area (Å²) in [5.41, 5.74) is 0.717. The average molecular weight is 271 g/mol. The van der Waals surface area contributed by atoms with Gasteiger partial charge in [-0.15, -0.1) is 0 Å². The molecule has 0 spiro atoms. The monoisotopic (exact) mass is 271 g/mol. The molecule has 0 aliphatic carbocycles. The molecular formula is C15H13NO4. The van der Waals surface area contributed by atoms with Gasteiger partial charge in [-0.2, -0.15) is 0 Å². The first-order chi connectivity index (χ1) is 9.58. The van der Waals surface area contributed by atoms with Gasteiger partial charge >= 0.3 is 12.1 Å². The lowest BCUT2D eigenvalue weighted by Gasteiger charge is -2.16. The Kier molecular flexibility index (Phi) is 4.00. The lowest BCUT2D eigenvalue weighted by molar-refractivity contribution is 0.0697. The number of anilines is 1. The van der Waals surface area contributed by atoms with Crippen molar-refractivity contribution in [3.63, 3.8) is 0 Å². The first-order valence-corrected chi connectivity index (χ1v) is 5.92. The second-order valence-electron chi connectivity index (χ2n) is 4.09. The number of carboxylic acids is 1. The van der Waals surface area contributed by atoms with E-state index in [-0.39, 0.29) is 5.56 Å². The van der Waals surface area contributed by atoms with Gasteiger partial charge in [-0.25, -0.2) is 9.59 Å². The summed E-state index contributed by atoms with van der Waals surface area (Å²) < 4.78 is 5.18. The van der Waals surface area contributed by atoms with Crippen LogP contribution in [-0.4, -0.2) is 24.2 Å². The van der Waals surface area contributed by atoms with Crippen molar-refractivity contribution in [1.82, 2.24) is 0 Å². The molecule has 102 valence electrons. The van der Waals surface area contributed by atoms with E-state index in [1.807, 2.05) is 6.07 Å². The number of para-hydroxylation sites is 1. The Hall–Kier alpha value is -2.82. The number of benzene rings is 2. The van der Waals surface area contributed by atoms with Gasteiger partial charge in [-0.3, -0.25) is 4.90 Å². The molecule has 20 heavy (non-hydrogen) atoms. The molecule has 0 aliphatic heterocycles. The lowest BCUT2D eigenvalue weighted by Crippen LogP contribution is -2.29. The zero-order valence-corrected chi connectivity index (χ0v) is 10.8. The number of hydrogen-bond acceptors (Lipinski definition) is 3. The Morgan fingerprint density at radius 3 is 2.15 bits per heavy atom. The van der Waals surface area contributed by atoms with Gasteiger partial charge in [0.1, 0.15) is 5.75 Å². The molecule has 0 radical (unpaired) electrons. The molecule has 0 atom stereocenters. The molecule has 0 fully saturated rings. The van der Waals surface area contributed by atoms with Crippen molar-refractivity contribution in [3.05, 3.63) is 60.2 Å². The van der Waals surface area contributed by atoms with Crippen molar-refractivity contribution in [1.29, 1.82) is 0 Å². The van der Waals surface area contributed by atoms with Crippen LogP contribution < -0.4 is 9.64 Å². The largest absolute Gasteiger partial charge is 0.478 e. The highest BCUT2D eigenvalue weighted by molar-refractivity contribution is 5.91. The molecule has 2 aromatic rings. The SMILES string of the molecule is CN(C(=O)Oc1ccccc1)c1ccc(C(=O)O)cc1. The fourth-order valence-corrected chi connectivity index (χ4v) is 1.59. The van der Waals surface area contributed by atoms with Gasteiger partial charge in [0.2, 0.25) is 0 Å². The van der Waals surface area contributed by atoms with Crippen LogP contribution in [-0.2, 0) is 0 Å². The minimum atomic E-state index is -1.01. The molecule has 2 aromatic carbocycles. The smallest absolute Gasteiger partial charge is 0.419 e. The maximum atomic E-state index is 11.9. The van der Waals surface area contributed by atoms with Crippen molar-refractivity contribution in [2.75, 3.05) is 11.9 Å². The maximum Gasteiger partial charge on any atom is 0.419 e. The molecule has 0 aromatic heterocycles. The van der Waals surface area contributed by atoms with Gasteiger partial charge in [0, 0.05) is 12.7 Å². The van der Waals surface area contributed by atoms with Gasteiger partial charge in [0.15, 0.2) is 0 Å². The summed E-state index contributed by atoms with van der Waals surface area (Å²) in [4.78, 5) is 24.0. The third-order valence-electron chi connectivity index (χ3n) is 2.72. The third kappa shape index (κ3) is 3.14. The van der Waals surface area contributed by atoms with E-state index in [2.05, 4.69) is 0 Å². The Morgan fingerprint density at radius 2 is 1.60 bits per heavy atom. The van der Waals surface area contributed by atoms with Crippen LogP contribution in [0.4, 0.5) is 10.5 Å². The van der Waals surface area contributed by atoms with Crippen molar-refractivity contribution >= 4 is 17.7 Å². The Balaban J connectivity index is 2.08. The highest BCUT2D eigenvalue weighted by Crippen LogP contribution is 2.16. The van der Waals surface area contributed by atoms with Gasteiger partial charge < -0.3 is 9.84 Å². The van der Waals surface area contributed by atoms with E-state index < -0.39 is 12.1 Å². The highest BCUT2D eigenvalue weighted by Gasteiger charge is 2.13. The summed E-state index contributed by atoms with van der Waals surface area (Å²) >= 11 is 0. The quantitative estimate of drug-likeness (QED) is 0.931. The van der Waals surface area contributed by atoms with Crippen molar-refractivity contribution in [2.45, 2.75) is 0 Å². The van der Waals surface area contributed by atoms with E-state index in [1.165, 1.54) is 17.0 Å². The third-order valence-corrected chi connectivity index (χ3v) is 2.72. The molecule has 0 unspecified atom stereocenters. The molecule has 0 bridgehead atoms. The maximum absolute atomic E-state index is 11.9. The minimum absolute atomic E-state index is 0.165. The predicted octanol–water partition coefficient (Wildman–Crippen LogP) is 3.02. The Bertz CT molecular complexity index is 608. The number of carbonyl (C=O) groups excluding carboxylic acids is 1. The number of amides is 1. The zero-order chi connectivity index (χ0) is 14.5. The zero-order valence-electron chi connectivity index (χ0n) is 10.8. The Labute approximate surface area is 116 Å². The highest BCUT2D eigenvalue weighted by atomic mass is 16.6. The summed E-state index contributed by atoms with van der Waals surface area (Å²) in [6.07, 6.45) is -0.542. The van der Waals surface area contributed by atoms with Gasteiger partial charge in [0.05, 0.1) is 5.56 Å². The summed E-state index contributed by atoms with van der Waals surface area (Å²) in [7, 11) is 1.56. The minimum Gasteiger partial charge on any atom is -0.478 e. The Morgan fingerprint density at radius 1 is 1.00 bits per heavy atom. The van der Waals surface area contributed by atoms with Gasteiger partial charge in [-0.05, 0) is 36.4 Å². The number of ether oxygens (including phenoxy) is 1. The van der Waals surface area contributed by atoms with E-state index in [0.717, 1.165) is 0 Å². The van der Waals surface area contributed by atoms with Crippen LogP contribution >= 0.6 is 0 Å². The van der Waals surface area contributed by atoms with Gasteiger partial charge in [0.25, 0.3) is 0 Å². The van der Waals surface area contributed by atoms with E-state index in [1.54, 1.807) is 43.4 Å². The molecule has 5 nitrogen and oxygen atoms in total. The summed E-state index contributed by atoms with van der Waals surface area (Å²) in [6, 6.07) is 14.7. The molecule has 1 amide bonds. The molecule has 2 rings (SSSR count). The molecule has 0 saturated carbocycles. The topological polar surface area (TPSA) is 66.8 Å². The number of carboxylic acid groups (broad SMARTS) is 1. The molecule has 5 heteroatoms. The van der Waals surface area contributed by atoms with Crippen molar-refractivity contribution < 1.29 is 19.4 Å². The average Bonchev–Trinajstić information content (AvgIpc) is 2.47. The van der Waals surface area contributed by atoms with Crippen LogP contribution in [0.1, 0.15) is 10.4 Å². The van der Waals surface area contributed by atoms with Crippen LogP contribution in [0.2, 0.25) is 0 Å². The van der Waals surface area contributed by atoms with E-state index >= 15 is 0 Å². The number of carbonyl (C=O) groups is 2. The standard InChI is InChI=1S/C15H13NO4/c1-16(12-9-7-11(8-10-12)14(17)18)15(19)20-13-5-3-2-4-6-13/h2-10H,1H3,(H,17,18). The van der Waals surface area contributed by atoms with Crippen LogP contribution in [0.3, 0.4) is 0 Å². The van der Waals surface area contributed by atoms with Crippen molar-refractivity contribution in [2.24, 2.45) is 0 Å². The van der Waals surface area contributed by atoms with E-state index in [4.69, 9.17) is 9.84 Å². The number of hydrogen-bond donors (Lipinski definition) is 1.